The summed E-state index contributed by atoms with van der Waals surface area (Å²) in [6.45, 7) is 6.26. The predicted octanol–water partition coefficient (Wildman–Crippen LogP) is 0.542. The highest BCUT2D eigenvalue weighted by Crippen LogP contribution is 1.96. The third-order valence-corrected chi connectivity index (χ3v) is 0.852. The third kappa shape index (κ3) is 9.72. The van der Waals surface area contributed by atoms with E-state index in [2.05, 4.69) is 10.6 Å². The summed E-state index contributed by atoms with van der Waals surface area (Å²) in [7, 11) is 1.75. The van der Waals surface area contributed by atoms with Gasteiger partial charge in [-0.25, -0.2) is 0 Å². The lowest BCUT2D eigenvalue weighted by Gasteiger charge is -2.20. The van der Waals surface area contributed by atoms with E-state index in [1.54, 1.807) is 7.05 Å². The molecule has 0 aromatic rings. The molecule has 68 valence electrons. The van der Waals surface area contributed by atoms with Gasteiger partial charge in [0.2, 0.25) is 5.91 Å². The van der Waals surface area contributed by atoms with E-state index in [9.17, 15) is 4.79 Å². The van der Waals surface area contributed by atoms with E-state index in [1.165, 1.54) is 0 Å². The van der Waals surface area contributed by atoms with Crippen LogP contribution < -0.4 is 10.6 Å². The van der Waals surface area contributed by atoms with Crippen LogP contribution in [0.3, 0.4) is 0 Å². The number of nitrogens with one attached hydrogen (secondary N) is 2. The second-order valence-electron chi connectivity index (χ2n) is 3.33. The number of amides is 1. The van der Waals surface area contributed by atoms with E-state index in [4.69, 9.17) is 0 Å². The lowest BCUT2D eigenvalue weighted by atomic mass is 10.1. The molecule has 2 N–H and O–H groups in total. The highest BCUT2D eigenvalue weighted by Gasteiger charge is 2.11. The van der Waals surface area contributed by atoms with Gasteiger partial charge in [0.1, 0.15) is 0 Å². The molecule has 0 aromatic carbocycles. The maximum absolute atomic E-state index is 10.9. The quantitative estimate of drug-likeness (QED) is 0.652. The molecule has 0 saturated carbocycles. The monoisotopic (exact) mass is 180 g/mol. The highest BCUT2D eigenvalue weighted by atomic mass is 35.5. The zero-order chi connectivity index (χ0) is 8.20. The number of hydrogen-bond acceptors (Lipinski definition) is 2. The third-order valence-electron chi connectivity index (χ3n) is 0.852. The van der Waals surface area contributed by atoms with Gasteiger partial charge in [-0.3, -0.25) is 4.79 Å². The first-order valence-electron chi connectivity index (χ1n) is 3.41. The van der Waals surface area contributed by atoms with Gasteiger partial charge in [0, 0.05) is 5.54 Å². The molecular formula is C7H17ClN2O. The summed E-state index contributed by atoms with van der Waals surface area (Å²) < 4.78 is 0. The van der Waals surface area contributed by atoms with Gasteiger partial charge in [-0.15, -0.1) is 12.4 Å². The van der Waals surface area contributed by atoms with Crippen molar-refractivity contribution < 1.29 is 4.79 Å². The first-order valence-corrected chi connectivity index (χ1v) is 3.41. The molecule has 0 aliphatic rings. The molecule has 1 amide bonds. The smallest absolute Gasteiger partial charge is 0.234 e. The Morgan fingerprint density at radius 1 is 1.36 bits per heavy atom. The molecule has 0 unspecified atom stereocenters. The molecule has 0 aromatic heterocycles. The zero-order valence-corrected chi connectivity index (χ0v) is 8.34. The van der Waals surface area contributed by atoms with Crippen molar-refractivity contribution in [1.82, 2.24) is 10.6 Å². The van der Waals surface area contributed by atoms with Gasteiger partial charge in [0.05, 0.1) is 6.54 Å². The van der Waals surface area contributed by atoms with E-state index in [-0.39, 0.29) is 23.9 Å². The minimum atomic E-state index is -0.117. The summed E-state index contributed by atoms with van der Waals surface area (Å²) in [6.07, 6.45) is 0. The second-order valence-corrected chi connectivity index (χ2v) is 3.33. The lowest BCUT2D eigenvalue weighted by molar-refractivity contribution is -0.121. The first kappa shape index (κ1) is 13.3. The first-order chi connectivity index (χ1) is 4.45. The Morgan fingerprint density at radius 3 is 2.09 bits per heavy atom. The molecule has 0 aliphatic heterocycles. The van der Waals surface area contributed by atoms with E-state index >= 15 is 0 Å². The molecule has 0 rings (SSSR count). The summed E-state index contributed by atoms with van der Waals surface area (Å²) in [5, 5.41) is 5.60. The van der Waals surface area contributed by atoms with Crippen molar-refractivity contribution in [3.05, 3.63) is 0 Å². The number of hydrogen-bond donors (Lipinski definition) is 2. The molecule has 4 heteroatoms. The SMILES string of the molecule is CNCC(=O)NC(C)(C)C.Cl. The fourth-order valence-corrected chi connectivity index (χ4v) is 0.623. The molecule has 0 radical (unpaired) electrons. The van der Waals surface area contributed by atoms with E-state index in [1.807, 2.05) is 20.8 Å². The predicted molar refractivity (Wildman–Crippen MR) is 49.1 cm³/mol. The molecule has 0 fully saturated rings. The fraction of sp³-hybridized carbons (Fsp3) is 0.857. The van der Waals surface area contributed by atoms with E-state index < -0.39 is 0 Å². The summed E-state index contributed by atoms with van der Waals surface area (Å²) in [5.41, 5.74) is -0.117. The van der Waals surface area contributed by atoms with Gasteiger partial charge < -0.3 is 10.6 Å². The van der Waals surface area contributed by atoms with Gasteiger partial charge >= 0.3 is 0 Å². The van der Waals surface area contributed by atoms with Crippen molar-refractivity contribution in [2.24, 2.45) is 0 Å². The van der Waals surface area contributed by atoms with Crippen LogP contribution in [0.1, 0.15) is 20.8 Å². The van der Waals surface area contributed by atoms with Crippen molar-refractivity contribution in [3.8, 4) is 0 Å². The van der Waals surface area contributed by atoms with Crippen LogP contribution in [0.15, 0.2) is 0 Å². The molecule has 0 atom stereocenters. The van der Waals surface area contributed by atoms with Crippen LogP contribution >= 0.6 is 12.4 Å². The van der Waals surface area contributed by atoms with Crippen LogP contribution in [0.5, 0.6) is 0 Å². The Balaban J connectivity index is 0. The number of carbonyl (C=O) groups excluding carboxylic acids is 1. The molecule has 0 saturated heterocycles. The van der Waals surface area contributed by atoms with Gasteiger partial charge in [-0.05, 0) is 27.8 Å². The Morgan fingerprint density at radius 2 is 1.82 bits per heavy atom. The molecule has 0 aliphatic carbocycles. The van der Waals surface area contributed by atoms with Crippen molar-refractivity contribution in [2.45, 2.75) is 26.3 Å². The van der Waals surface area contributed by atoms with Crippen molar-refractivity contribution >= 4 is 18.3 Å². The van der Waals surface area contributed by atoms with Crippen LogP contribution in [-0.4, -0.2) is 25.0 Å². The standard InChI is InChI=1S/C7H16N2O.ClH/c1-7(2,3)9-6(10)5-8-4;/h8H,5H2,1-4H3,(H,9,10);1H. The Bertz CT molecular complexity index is 120. The molecule has 0 spiro atoms. The lowest BCUT2D eigenvalue weighted by Crippen LogP contribution is -2.44. The zero-order valence-electron chi connectivity index (χ0n) is 7.52. The number of carbonyl (C=O) groups is 1. The van der Waals surface area contributed by atoms with Crippen LogP contribution in [0, 0.1) is 0 Å². The van der Waals surface area contributed by atoms with Crippen LogP contribution in [-0.2, 0) is 4.79 Å². The van der Waals surface area contributed by atoms with Crippen molar-refractivity contribution in [2.75, 3.05) is 13.6 Å². The topological polar surface area (TPSA) is 41.1 Å². The Kier molecular flexibility index (Phi) is 6.52. The average molecular weight is 181 g/mol. The van der Waals surface area contributed by atoms with E-state index in [0.29, 0.717) is 6.54 Å². The summed E-state index contributed by atoms with van der Waals surface area (Å²) >= 11 is 0. The minimum Gasteiger partial charge on any atom is -0.350 e. The van der Waals surface area contributed by atoms with Gasteiger partial charge in [0.25, 0.3) is 0 Å². The normalized spacial score (nSPS) is 10.2. The van der Waals surface area contributed by atoms with Gasteiger partial charge in [0.15, 0.2) is 0 Å². The van der Waals surface area contributed by atoms with Gasteiger partial charge in [-0.2, -0.15) is 0 Å². The summed E-state index contributed by atoms with van der Waals surface area (Å²) in [5.74, 6) is 0.0370. The number of likely N-dealkylation sites (N-methyl/N-ethyl adjacent to an activating group) is 1. The summed E-state index contributed by atoms with van der Waals surface area (Å²) in [6, 6.07) is 0. The maximum Gasteiger partial charge on any atom is 0.234 e. The number of rotatable bonds is 2. The van der Waals surface area contributed by atoms with Crippen LogP contribution in [0.2, 0.25) is 0 Å². The van der Waals surface area contributed by atoms with Crippen LogP contribution in [0.4, 0.5) is 0 Å². The minimum absolute atomic E-state index is 0. The van der Waals surface area contributed by atoms with Gasteiger partial charge in [-0.1, -0.05) is 0 Å². The number of halogens is 1. The molecule has 0 bridgehead atoms. The molecule has 11 heavy (non-hydrogen) atoms. The van der Waals surface area contributed by atoms with E-state index in [0.717, 1.165) is 0 Å². The highest BCUT2D eigenvalue weighted by molar-refractivity contribution is 5.85. The summed E-state index contributed by atoms with van der Waals surface area (Å²) in [4.78, 5) is 10.9. The van der Waals surface area contributed by atoms with Crippen molar-refractivity contribution in [3.63, 3.8) is 0 Å². The van der Waals surface area contributed by atoms with Crippen LogP contribution in [0.25, 0.3) is 0 Å². The maximum atomic E-state index is 10.9. The Labute approximate surface area is 74.3 Å². The fourth-order valence-electron chi connectivity index (χ4n) is 0.623. The molecule has 3 nitrogen and oxygen atoms in total. The second kappa shape index (κ2) is 5.38. The van der Waals surface area contributed by atoms with Crippen molar-refractivity contribution in [1.29, 1.82) is 0 Å². The largest absolute Gasteiger partial charge is 0.350 e. The Hall–Kier alpha value is -0.280. The average Bonchev–Trinajstić information content (AvgIpc) is 1.59. The molecular weight excluding hydrogens is 164 g/mol. The molecule has 0 heterocycles.